The lowest BCUT2D eigenvalue weighted by atomic mass is 10.2. The molecule has 1 aromatic heterocycles. The first-order valence-electron chi connectivity index (χ1n) is 8.66. The van der Waals surface area contributed by atoms with Crippen molar-refractivity contribution in [2.45, 2.75) is 0 Å². The van der Waals surface area contributed by atoms with Gasteiger partial charge in [-0.2, -0.15) is 0 Å². The predicted octanol–water partition coefficient (Wildman–Crippen LogP) is 5.53. The summed E-state index contributed by atoms with van der Waals surface area (Å²) in [6.45, 7) is 0. The van der Waals surface area contributed by atoms with Crippen LogP contribution in [-0.4, -0.2) is 26.3 Å². The van der Waals surface area contributed by atoms with Crippen molar-refractivity contribution in [2.24, 2.45) is 0 Å². The van der Waals surface area contributed by atoms with Gasteiger partial charge in [0.1, 0.15) is 11.5 Å². The summed E-state index contributed by atoms with van der Waals surface area (Å²) in [5.41, 5.74) is 3.84. The number of benzene rings is 2. The topological polar surface area (TPSA) is 82.8 Å². The van der Waals surface area contributed by atoms with E-state index >= 15 is 0 Å². The highest BCUT2D eigenvalue weighted by Crippen LogP contribution is 2.35. The molecule has 2 heterocycles. The van der Waals surface area contributed by atoms with Gasteiger partial charge in [-0.1, -0.05) is 47.6 Å². The SMILES string of the molecule is O=C(O)c1ccccc1NN1C(=O)/C(=C\c2ccc(-c3ccccc3Cl)o2)SC1=S. The minimum absolute atomic E-state index is 0.0333. The van der Waals surface area contributed by atoms with Gasteiger partial charge in [0.25, 0.3) is 5.91 Å². The number of rotatable bonds is 5. The number of nitrogens with one attached hydrogen (secondary N) is 1. The molecule has 2 aromatic carbocycles. The second-order valence-electron chi connectivity index (χ2n) is 6.16. The van der Waals surface area contributed by atoms with E-state index in [1.165, 1.54) is 6.07 Å². The molecule has 9 heteroatoms. The molecule has 1 aliphatic rings. The van der Waals surface area contributed by atoms with Crippen LogP contribution in [0.25, 0.3) is 17.4 Å². The number of carboxylic acid groups (broad SMARTS) is 1. The summed E-state index contributed by atoms with van der Waals surface area (Å²) in [6, 6.07) is 17.1. The molecule has 1 amide bonds. The third-order valence-corrected chi connectivity index (χ3v) is 5.85. The molecular weight excluding hydrogens is 444 g/mol. The molecule has 0 atom stereocenters. The lowest BCUT2D eigenvalue weighted by Gasteiger charge is -2.18. The van der Waals surface area contributed by atoms with E-state index in [9.17, 15) is 14.7 Å². The summed E-state index contributed by atoms with van der Waals surface area (Å²) in [5.74, 6) is -0.463. The largest absolute Gasteiger partial charge is 0.478 e. The first-order chi connectivity index (χ1) is 14.4. The lowest BCUT2D eigenvalue weighted by Crippen LogP contribution is -2.34. The number of hydrazine groups is 1. The lowest BCUT2D eigenvalue weighted by molar-refractivity contribution is -0.121. The molecule has 1 aliphatic heterocycles. The molecule has 3 aromatic rings. The standard InChI is InChI=1S/C21H13ClN2O4S2/c22-15-7-3-1-5-13(15)17-10-9-12(28-17)11-18-19(25)24(21(29)30-18)23-16-8-4-2-6-14(16)20(26)27/h1-11,23H,(H,26,27)/b18-11+. The van der Waals surface area contributed by atoms with Gasteiger partial charge in [-0.3, -0.25) is 10.2 Å². The molecule has 6 nitrogen and oxygen atoms in total. The molecule has 0 saturated carbocycles. The average Bonchev–Trinajstić information content (AvgIpc) is 3.29. The van der Waals surface area contributed by atoms with E-state index in [-0.39, 0.29) is 15.6 Å². The Bertz CT molecular complexity index is 1200. The van der Waals surface area contributed by atoms with Crippen LogP contribution in [0.5, 0.6) is 0 Å². The Hall–Kier alpha value is -3.07. The number of para-hydroxylation sites is 1. The quantitative estimate of drug-likeness (QED) is 0.386. The maximum absolute atomic E-state index is 12.8. The van der Waals surface area contributed by atoms with Crippen LogP contribution in [0, 0.1) is 0 Å². The fraction of sp³-hybridized carbons (Fsp3) is 0. The van der Waals surface area contributed by atoms with Crippen molar-refractivity contribution in [3.8, 4) is 11.3 Å². The number of hydrogen-bond acceptors (Lipinski definition) is 6. The minimum Gasteiger partial charge on any atom is -0.478 e. The second kappa shape index (κ2) is 8.35. The fourth-order valence-corrected chi connectivity index (χ4v) is 4.21. The number of amides is 1. The molecule has 1 saturated heterocycles. The van der Waals surface area contributed by atoms with Crippen molar-refractivity contribution in [3.63, 3.8) is 0 Å². The summed E-state index contributed by atoms with van der Waals surface area (Å²) in [5, 5.41) is 11.0. The highest BCUT2D eigenvalue weighted by Gasteiger charge is 2.33. The molecule has 0 bridgehead atoms. The Balaban J connectivity index is 1.57. The Labute approximate surface area is 186 Å². The summed E-state index contributed by atoms with van der Waals surface area (Å²) < 4.78 is 6.07. The van der Waals surface area contributed by atoms with Gasteiger partial charge in [0.15, 0.2) is 4.32 Å². The Morgan fingerprint density at radius 1 is 1.13 bits per heavy atom. The maximum Gasteiger partial charge on any atom is 0.337 e. The number of carboxylic acids is 1. The fourth-order valence-electron chi connectivity index (χ4n) is 2.82. The smallest absolute Gasteiger partial charge is 0.337 e. The first kappa shape index (κ1) is 20.2. The molecular formula is C21H13ClN2O4S2. The van der Waals surface area contributed by atoms with Gasteiger partial charge in [0, 0.05) is 11.6 Å². The van der Waals surface area contributed by atoms with E-state index < -0.39 is 11.9 Å². The number of halogens is 1. The van der Waals surface area contributed by atoms with Crippen LogP contribution in [0.3, 0.4) is 0 Å². The Morgan fingerprint density at radius 2 is 1.87 bits per heavy atom. The van der Waals surface area contributed by atoms with Crippen molar-refractivity contribution in [1.29, 1.82) is 0 Å². The number of anilines is 1. The Morgan fingerprint density at radius 3 is 2.63 bits per heavy atom. The molecule has 0 unspecified atom stereocenters. The number of thiocarbonyl (C=S) groups is 1. The first-order valence-corrected chi connectivity index (χ1v) is 10.3. The van der Waals surface area contributed by atoms with Crippen molar-refractivity contribution in [1.82, 2.24) is 5.01 Å². The van der Waals surface area contributed by atoms with Crippen LogP contribution in [-0.2, 0) is 4.79 Å². The zero-order valence-corrected chi connectivity index (χ0v) is 17.6. The van der Waals surface area contributed by atoms with Crippen molar-refractivity contribution in [3.05, 3.63) is 81.9 Å². The highest BCUT2D eigenvalue weighted by molar-refractivity contribution is 8.26. The van der Waals surface area contributed by atoms with Crippen LogP contribution in [0.4, 0.5) is 5.69 Å². The van der Waals surface area contributed by atoms with Gasteiger partial charge < -0.3 is 9.52 Å². The molecule has 1 fully saturated rings. The zero-order chi connectivity index (χ0) is 21.3. The molecule has 150 valence electrons. The normalized spacial score (nSPS) is 15.1. The second-order valence-corrected chi connectivity index (χ2v) is 8.24. The van der Waals surface area contributed by atoms with Gasteiger partial charge in [0.05, 0.1) is 21.2 Å². The Kier molecular flexibility index (Phi) is 5.63. The van der Waals surface area contributed by atoms with Crippen LogP contribution < -0.4 is 5.43 Å². The van der Waals surface area contributed by atoms with E-state index in [4.69, 9.17) is 28.2 Å². The van der Waals surface area contributed by atoms with Gasteiger partial charge in [-0.15, -0.1) is 0 Å². The summed E-state index contributed by atoms with van der Waals surface area (Å²) in [6.07, 6.45) is 1.59. The number of furan rings is 1. The molecule has 0 radical (unpaired) electrons. The number of carbonyl (C=O) groups excluding carboxylic acids is 1. The van der Waals surface area contributed by atoms with Gasteiger partial charge in [-0.25, -0.2) is 9.80 Å². The molecule has 4 rings (SSSR count). The van der Waals surface area contributed by atoms with E-state index in [0.717, 1.165) is 22.3 Å². The number of carbonyl (C=O) groups is 2. The molecule has 0 aliphatic carbocycles. The van der Waals surface area contributed by atoms with Crippen LogP contribution >= 0.6 is 35.6 Å². The molecule has 0 spiro atoms. The van der Waals surface area contributed by atoms with E-state index in [1.54, 1.807) is 42.5 Å². The van der Waals surface area contributed by atoms with Gasteiger partial charge in [0.2, 0.25) is 0 Å². The summed E-state index contributed by atoms with van der Waals surface area (Å²) >= 11 is 12.6. The third kappa shape index (κ3) is 3.97. The molecule has 30 heavy (non-hydrogen) atoms. The highest BCUT2D eigenvalue weighted by atomic mass is 35.5. The third-order valence-electron chi connectivity index (χ3n) is 4.22. The van der Waals surface area contributed by atoms with E-state index in [1.807, 2.05) is 18.2 Å². The van der Waals surface area contributed by atoms with Crippen LogP contribution in [0.1, 0.15) is 16.1 Å². The number of aromatic carboxylic acids is 1. The monoisotopic (exact) mass is 456 g/mol. The number of hydrogen-bond donors (Lipinski definition) is 2. The predicted molar refractivity (Wildman–Crippen MR) is 121 cm³/mol. The molecule has 2 N–H and O–H groups in total. The van der Waals surface area contributed by atoms with E-state index in [2.05, 4.69) is 5.43 Å². The number of thioether (sulfide) groups is 1. The van der Waals surface area contributed by atoms with Crippen molar-refractivity contribution < 1.29 is 19.1 Å². The van der Waals surface area contributed by atoms with Crippen LogP contribution in [0.2, 0.25) is 5.02 Å². The minimum atomic E-state index is -1.11. The average molecular weight is 457 g/mol. The van der Waals surface area contributed by atoms with Crippen molar-refractivity contribution in [2.75, 3.05) is 5.43 Å². The summed E-state index contributed by atoms with van der Waals surface area (Å²) in [7, 11) is 0. The number of nitrogens with zero attached hydrogens (tertiary/aromatic N) is 1. The zero-order valence-electron chi connectivity index (χ0n) is 15.2. The van der Waals surface area contributed by atoms with Gasteiger partial charge >= 0.3 is 5.97 Å². The summed E-state index contributed by atoms with van der Waals surface area (Å²) in [4.78, 5) is 24.6. The van der Waals surface area contributed by atoms with E-state index in [0.29, 0.717) is 21.4 Å². The maximum atomic E-state index is 12.8. The van der Waals surface area contributed by atoms with Crippen LogP contribution in [0.15, 0.2) is 70.0 Å². The van der Waals surface area contributed by atoms with Crippen molar-refractivity contribution >= 4 is 63.5 Å². The van der Waals surface area contributed by atoms with Gasteiger partial charge in [-0.05, 0) is 48.6 Å².